The zero-order chi connectivity index (χ0) is 16.8. The van der Waals surface area contributed by atoms with E-state index in [4.69, 9.17) is 10.00 Å². The quantitative estimate of drug-likeness (QED) is 0.890. The highest BCUT2D eigenvalue weighted by molar-refractivity contribution is 5.68. The molecule has 0 spiro atoms. The molecule has 1 rings (SSSR count). The van der Waals surface area contributed by atoms with Crippen LogP contribution in [0.5, 0.6) is 0 Å². The van der Waals surface area contributed by atoms with Crippen molar-refractivity contribution in [2.75, 3.05) is 6.54 Å². The summed E-state index contributed by atoms with van der Waals surface area (Å²) < 4.78 is 18.0. The summed E-state index contributed by atoms with van der Waals surface area (Å²) in [6.07, 6.45) is -0.488. The summed E-state index contributed by atoms with van der Waals surface area (Å²) in [5, 5.41) is 21.1. The fourth-order valence-corrected chi connectivity index (χ4v) is 1.53. The number of nitrogens with zero attached hydrogens (tertiary/aromatic N) is 2. The van der Waals surface area contributed by atoms with E-state index >= 15 is 0 Å². The lowest BCUT2D eigenvalue weighted by Gasteiger charge is -2.20. The third-order valence-electron chi connectivity index (χ3n) is 2.54. The number of hydrogen-bond acceptors (Lipinski definition) is 5. The molecule has 0 aromatic carbocycles. The van der Waals surface area contributed by atoms with E-state index in [-0.39, 0.29) is 24.1 Å². The number of carbonyl (C=O) groups excluding carboxylic acids is 1. The second kappa shape index (κ2) is 7.52. The molecular formula is C15H18FN3O3. The Bertz CT molecular complexity index is 586. The molecule has 1 atom stereocenters. The predicted molar refractivity (Wildman–Crippen MR) is 77.3 cm³/mol. The predicted octanol–water partition coefficient (Wildman–Crippen LogP) is 2.36. The van der Waals surface area contributed by atoms with Crippen molar-refractivity contribution >= 4 is 6.09 Å². The van der Waals surface area contributed by atoms with Crippen molar-refractivity contribution in [3.63, 3.8) is 0 Å². The first-order chi connectivity index (χ1) is 10.3. The van der Waals surface area contributed by atoms with Crippen LogP contribution < -0.4 is 5.32 Å². The molecule has 1 aromatic rings. The first-order valence-electron chi connectivity index (χ1n) is 6.57. The molecule has 7 heteroatoms. The minimum Gasteiger partial charge on any atom is -0.444 e. The Morgan fingerprint density at radius 3 is 2.73 bits per heavy atom. The molecule has 1 amide bonds. The monoisotopic (exact) mass is 307 g/mol. The molecule has 118 valence electrons. The van der Waals surface area contributed by atoms with Crippen LogP contribution in [0.2, 0.25) is 0 Å². The van der Waals surface area contributed by atoms with Crippen LogP contribution in [0, 0.1) is 11.3 Å². The molecule has 0 bridgehead atoms. The first-order valence-corrected chi connectivity index (χ1v) is 6.57. The number of nitrogens with one attached hydrogen (secondary N) is 1. The Hall–Kier alpha value is -2.46. The molecule has 0 saturated carbocycles. The number of nitriles is 1. The minimum atomic E-state index is -1.28. The summed E-state index contributed by atoms with van der Waals surface area (Å²) in [4.78, 5) is 15.3. The molecule has 1 aromatic heterocycles. The largest absolute Gasteiger partial charge is 0.444 e. The smallest absolute Gasteiger partial charge is 0.407 e. The van der Waals surface area contributed by atoms with Crippen LogP contribution in [-0.2, 0) is 4.74 Å². The normalized spacial score (nSPS) is 13.2. The molecule has 0 fully saturated rings. The van der Waals surface area contributed by atoms with Gasteiger partial charge in [0.25, 0.3) is 0 Å². The Morgan fingerprint density at radius 1 is 1.59 bits per heavy atom. The second-order valence-corrected chi connectivity index (χ2v) is 5.53. The van der Waals surface area contributed by atoms with Gasteiger partial charge in [-0.3, -0.25) is 0 Å². The lowest BCUT2D eigenvalue weighted by atomic mass is 10.0. The Morgan fingerprint density at radius 2 is 2.27 bits per heavy atom. The fourth-order valence-electron chi connectivity index (χ4n) is 1.53. The standard InChI is InChI=1S/C15H18FN3O3/c1-15(2,3)22-14(21)19-9-11(6-16)13(20)10-4-5-12(7-17)18-8-10/h4-6,8,13,20H,9H2,1-3H3,(H,19,21)/b11-6-. The maximum Gasteiger partial charge on any atom is 0.407 e. The Labute approximate surface area is 128 Å². The van der Waals surface area contributed by atoms with E-state index in [0.29, 0.717) is 5.56 Å². The van der Waals surface area contributed by atoms with Crippen molar-refractivity contribution in [1.82, 2.24) is 10.3 Å². The topological polar surface area (TPSA) is 95.2 Å². The molecular weight excluding hydrogens is 289 g/mol. The van der Waals surface area contributed by atoms with Gasteiger partial charge in [-0.25, -0.2) is 14.2 Å². The van der Waals surface area contributed by atoms with Gasteiger partial charge in [-0.2, -0.15) is 5.26 Å². The molecule has 1 unspecified atom stereocenters. The number of aliphatic hydroxyl groups is 1. The van der Waals surface area contributed by atoms with Gasteiger partial charge in [-0.15, -0.1) is 0 Å². The number of carbonyl (C=O) groups is 1. The molecule has 6 nitrogen and oxygen atoms in total. The molecule has 0 aliphatic carbocycles. The van der Waals surface area contributed by atoms with Crippen LogP contribution >= 0.6 is 0 Å². The van der Waals surface area contributed by atoms with E-state index < -0.39 is 17.8 Å². The lowest BCUT2D eigenvalue weighted by Crippen LogP contribution is -2.34. The summed E-state index contributed by atoms with van der Waals surface area (Å²) >= 11 is 0. The van der Waals surface area contributed by atoms with E-state index in [9.17, 15) is 14.3 Å². The first kappa shape index (κ1) is 17.6. The number of amides is 1. The number of hydrogen-bond donors (Lipinski definition) is 2. The summed E-state index contributed by atoms with van der Waals surface area (Å²) in [7, 11) is 0. The number of alkyl carbamates (subject to hydrolysis) is 1. The summed E-state index contributed by atoms with van der Waals surface area (Å²) in [6, 6.07) is 4.72. The molecule has 1 heterocycles. The minimum absolute atomic E-state index is 0.0580. The average Bonchev–Trinajstić information content (AvgIpc) is 2.46. The Kier molecular flexibility index (Phi) is 6.01. The van der Waals surface area contributed by atoms with Crippen LogP contribution in [0.15, 0.2) is 30.2 Å². The molecule has 0 radical (unpaired) electrons. The number of aliphatic hydroxyl groups excluding tert-OH is 1. The van der Waals surface area contributed by atoms with Gasteiger partial charge in [-0.1, -0.05) is 6.07 Å². The average molecular weight is 307 g/mol. The van der Waals surface area contributed by atoms with Gasteiger partial charge in [0.05, 0.1) is 6.33 Å². The number of rotatable bonds is 4. The van der Waals surface area contributed by atoms with Gasteiger partial charge in [-0.05, 0) is 26.8 Å². The fraction of sp³-hybridized carbons (Fsp3) is 0.400. The van der Waals surface area contributed by atoms with Gasteiger partial charge in [0.15, 0.2) is 0 Å². The van der Waals surface area contributed by atoms with Crippen molar-refractivity contribution in [3.05, 3.63) is 41.5 Å². The van der Waals surface area contributed by atoms with Crippen LogP contribution in [-0.4, -0.2) is 28.3 Å². The number of aromatic nitrogens is 1. The number of ether oxygens (including phenoxy) is 1. The summed E-state index contributed by atoms with van der Waals surface area (Å²) in [5.41, 5.74) is -0.223. The molecule has 2 N–H and O–H groups in total. The van der Waals surface area contributed by atoms with Crippen LogP contribution in [0.3, 0.4) is 0 Å². The second-order valence-electron chi connectivity index (χ2n) is 5.53. The van der Waals surface area contributed by atoms with Crippen LogP contribution in [0.1, 0.15) is 38.1 Å². The van der Waals surface area contributed by atoms with Crippen LogP contribution in [0.4, 0.5) is 9.18 Å². The summed E-state index contributed by atoms with van der Waals surface area (Å²) in [5.74, 6) is 0. The van der Waals surface area contributed by atoms with E-state index in [2.05, 4.69) is 10.3 Å². The van der Waals surface area contributed by atoms with Crippen LogP contribution in [0.25, 0.3) is 0 Å². The van der Waals surface area contributed by atoms with Crippen molar-refractivity contribution in [1.29, 1.82) is 5.26 Å². The van der Waals surface area contributed by atoms with E-state index in [1.165, 1.54) is 18.3 Å². The third kappa shape index (κ3) is 5.50. The SMILES string of the molecule is CC(C)(C)OC(=O)NC/C(=C/F)C(O)c1ccc(C#N)nc1. The Balaban J connectivity index is 2.67. The van der Waals surface area contributed by atoms with Gasteiger partial charge >= 0.3 is 6.09 Å². The van der Waals surface area contributed by atoms with Crippen molar-refractivity contribution < 1.29 is 19.0 Å². The highest BCUT2D eigenvalue weighted by Crippen LogP contribution is 2.21. The zero-order valence-electron chi connectivity index (χ0n) is 12.6. The summed E-state index contributed by atoms with van der Waals surface area (Å²) in [6.45, 7) is 4.90. The van der Waals surface area contributed by atoms with Crippen molar-refractivity contribution in [2.24, 2.45) is 0 Å². The van der Waals surface area contributed by atoms with Crippen molar-refractivity contribution in [2.45, 2.75) is 32.5 Å². The molecule has 0 aliphatic rings. The lowest BCUT2D eigenvalue weighted by molar-refractivity contribution is 0.0529. The highest BCUT2D eigenvalue weighted by atomic mass is 19.1. The molecule has 0 aliphatic heterocycles. The maximum atomic E-state index is 12.9. The van der Waals surface area contributed by atoms with E-state index in [1.807, 2.05) is 6.07 Å². The van der Waals surface area contributed by atoms with E-state index in [1.54, 1.807) is 20.8 Å². The van der Waals surface area contributed by atoms with Gasteiger partial charge in [0, 0.05) is 23.9 Å². The van der Waals surface area contributed by atoms with Gasteiger partial charge < -0.3 is 15.2 Å². The number of halogens is 1. The highest BCUT2D eigenvalue weighted by Gasteiger charge is 2.19. The van der Waals surface area contributed by atoms with Gasteiger partial charge in [0.2, 0.25) is 0 Å². The number of pyridine rings is 1. The van der Waals surface area contributed by atoms with Gasteiger partial charge in [0.1, 0.15) is 23.5 Å². The third-order valence-corrected chi connectivity index (χ3v) is 2.54. The molecule has 0 saturated heterocycles. The van der Waals surface area contributed by atoms with Crippen molar-refractivity contribution in [3.8, 4) is 6.07 Å². The molecule has 22 heavy (non-hydrogen) atoms. The zero-order valence-corrected chi connectivity index (χ0v) is 12.6. The van der Waals surface area contributed by atoms with E-state index in [0.717, 1.165) is 0 Å². The maximum absolute atomic E-state index is 12.9.